The molecule has 0 amide bonds. The topological polar surface area (TPSA) is 83.5 Å². The minimum absolute atomic E-state index is 0.0200. The minimum Gasteiger partial charge on any atom is -0.480 e. The quantitative estimate of drug-likeness (QED) is 0.808. The molecule has 5 nitrogen and oxygen atoms in total. The second-order valence-corrected chi connectivity index (χ2v) is 5.97. The Bertz CT molecular complexity index is 623. The van der Waals surface area contributed by atoms with E-state index in [1.165, 1.54) is 19.1 Å². The van der Waals surface area contributed by atoms with Crippen LogP contribution < -0.4 is 4.72 Å². The molecule has 1 aromatic carbocycles. The van der Waals surface area contributed by atoms with Crippen molar-refractivity contribution in [1.29, 1.82) is 0 Å². The van der Waals surface area contributed by atoms with Crippen LogP contribution in [0.15, 0.2) is 29.2 Å². The van der Waals surface area contributed by atoms with Gasteiger partial charge in [0.05, 0.1) is 4.90 Å². The van der Waals surface area contributed by atoms with Crippen LogP contribution in [0.3, 0.4) is 0 Å². The van der Waals surface area contributed by atoms with Gasteiger partial charge in [0.2, 0.25) is 10.0 Å². The Hall–Kier alpha value is -1.84. The predicted molar refractivity (Wildman–Crippen MR) is 75.6 cm³/mol. The summed E-state index contributed by atoms with van der Waals surface area (Å²) in [7, 11) is -3.83. The van der Waals surface area contributed by atoms with Gasteiger partial charge in [-0.1, -0.05) is 18.8 Å². The van der Waals surface area contributed by atoms with E-state index in [9.17, 15) is 13.2 Å². The highest BCUT2D eigenvalue weighted by Gasteiger charge is 2.21. The van der Waals surface area contributed by atoms with Gasteiger partial charge in [0.15, 0.2) is 0 Å². The fourth-order valence-electron chi connectivity index (χ4n) is 1.36. The van der Waals surface area contributed by atoms with Crippen LogP contribution in [0, 0.1) is 11.8 Å². The summed E-state index contributed by atoms with van der Waals surface area (Å²) in [4.78, 5) is 10.7. The van der Waals surface area contributed by atoms with Gasteiger partial charge in [-0.15, -0.1) is 0 Å². The van der Waals surface area contributed by atoms with Crippen LogP contribution in [0.25, 0.3) is 0 Å². The molecule has 1 atom stereocenters. The molecular weight excluding hydrogens is 278 g/mol. The third-order valence-electron chi connectivity index (χ3n) is 2.47. The van der Waals surface area contributed by atoms with Gasteiger partial charge in [-0.3, -0.25) is 4.79 Å². The zero-order valence-electron chi connectivity index (χ0n) is 11.4. The van der Waals surface area contributed by atoms with E-state index < -0.39 is 22.0 Å². The third kappa shape index (κ3) is 4.68. The first-order chi connectivity index (χ1) is 9.36. The van der Waals surface area contributed by atoms with Crippen LogP contribution in [0.5, 0.6) is 0 Å². The molecule has 20 heavy (non-hydrogen) atoms. The van der Waals surface area contributed by atoms with E-state index in [2.05, 4.69) is 16.6 Å². The van der Waals surface area contributed by atoms with Crippen molar-refractivity contribution in [3.8, 4) is 11.8 Å². The first kappa shape index (κ1) is 16.2. The summed E-state index contributed by atoms with van der Waals surface area (Å²) in [5.41, 5.74) is 0.726. The van der Waals surface area contributed by atoms with Gasteiger partial charge in [0, 0.05) is 12.0 Å². The highest BCUT2D eigenvalue weighted by atomic mass is 32.2. The van der Waals surface area contributed by atoms with Gasteiger partial charge >= 0.3 is 5.97 Å². The summed E-state index contributed by atoms with van der Waals surface area (Å²) in [6, 6.07) is 4.84. The molecule has 2 N–H and O–H groups in total. The molecule has 6 heteroatoms. The Kier molecular flexibility index (Phi) is 5.74. The third-order valence-corrected chi connectivity index (χ3v) is 4.03. The molecule has 0 saturated heterocycles. The van der Waals surface area contributed by atoms with Crippen molar-refractivity contribution in [2.45, 2.75) is 37.6 Å². The normalized spacial score (nSPS) is 12.3. The molecule has 0 aliphatic carbocycles. The van der Waals surface area contributed by atoms with E-state index in [4.69, 9.17) is 5.11 Å². The second-order valence-electron chi connectivity index (χ2n) is 4.26. The monoisotopic (exact) mass is 295 g/mol. The highest BCUT2D eigenvalue weighted by Crippen LogP contribution is 2.10. The highest BCUT2D eigenvalue weighted by molar-refractivity contribution is 7.89. The Morgan fingerprint density at radius 2 is 1.95 bits per heavy atom. The van der Waals surface area contributed by atoms with E-state index in [0.29, 0.717) is 0 Å². The molecule has 0 unspecified atom stereocenters. The lowest BCUT2D eigenvalue weighted by Crippen LogP contribution is -2.38. The summed E-state index contributed by atoms with van der Waals surface area (Å²) in [6.45, 7) is 3.30. The molecule has 108 valence electrons. The number of rotatable bonds is 5. The van der Waals surface area contributed by atoms with E-state index in [1.807, 2.05) is 6.92 Å². The summed E-state index contributed by atoms with van der Waals surface area (Å²) >= 11 is 0. The zero-order valence-corrected chi connectivity index (χ0v) is 12.2. The Morgan fingerprint density at radius 1 is 1.35 bits per heavy atom. The maximum Gasteiger partial charge on any atom is 0.321 e. The van der Waals surface area contributed by atoms with E-state index in [0.717, 1.165) is 18.4 Å². The molecule has 0 heterocycles. The molecular formula is C14H17NO4S. The number of nitrogens with one attached hydrogen (secondary N) is 1. The number of unbranched alkanes of at least 4 members (excludes halogenated alkanes) is 1. The molecule has 1 aromatic rings. The Balaban J connectivity index is 2.88. The Morgan fingerprint density at radius 3 is 2.45 bits per heavy atom. The fraction of sp³-hybridized carbons (Fsp3) is 0.357. The predicted octanol–water partition coefficient (Wildman–Crippen LogP) is 1.59. The van der Waals surface area contributed by atoms with Crippen LogP contribution in [-0.4, -0.2) is 25.5 Å². The van der Waals surface area contributed by atoms with E-state index in [-0.39, 0.29) is 4.90 Å². The van der Waals surface area contributed by atoms with Crippen molar-refractivity contribution < 1.29 is 18.3 Å². The van der Waals surface area contributed by atoms with Crippen LogP contribution in [0.4, 0.5) is 0 Å². The second kappa shape index (κ2) is 7.08. The van der Waals surface area contributed by atoms with Crippen molar-refractivity contribution in [2.24, 2.45) is 0 Å². The summed E-state index contributed by atoms with van der Waals surface area (Å²) in [5, 5.41) is 8.71. The summed E-state index contributed by atoms with van der Waals surface area (Å²) < 4.78 is 25.9. The van der Waals surface area contributed by atoms with Crippen LogP contribution in [0.1, 0.15) is 32.3 Å². The largest absolute Gasteiger partial charge is 0.480 e. The number of carbonyl (C=O) groups is 1. The van der Waals surface area contributed by atoms with Crippen molar-refractivity contribution in [2.75, 3.05) is 0 Å². The van der Waals surface area contributed by atoms with Gasteiger partial charge in [-0.05, 0) is 37.6 Å². The molecule has 0 saturated carbocycles. The number of hydrogen-bond donors (Lipinski definition) is 2. The molecule has 0 spiro atoms. The molecule has 0 aliphatic rings. The molecule has 0 aromatic heterocycles. The number of aliphatic carboxylic acids is 1. The molecule has 1 rings (SSSR count). The Labute approximate surface area is 119 Å². The van der Waals surface area contributed by atoms with Crippen molar-refractivity contribution in [1.82, 2.24) is 4.72 Å². The average molecular weight is 295 g/mol. The molecule has 0 bridgehead atoms. The van der Waals surface area contributed by atoms with Crippen LogP contribution >= 0.6 is 0 Å². The van der Waals surface area contributed by atoms with Crippen molar-refractivity contribution >= 4 is 16.0 Å². The number of benzene rings is 1. The number of carboxylic acids is 1. The van der Waals surface area contributed by atoms with Gasteiger partial charge < -0.3 is 5.11 Å². The molecule has 0 aliphatic heterocycles. The smallest absolute Gasteiger partial charge is 0.321 e. The van der Waals surface area contributed by atoms with Gasteiger partial charge in [-0.2, -0.15) is 4.72 Å². The van der Waals surface area contributed by atoms with Crippen LogP contribution in [0.2, 0.25) is 0 Å². The lowest BCUT2D eigenvalue weighted by molar-refractivity contribution is -0.138. The maximum absolute atomic E-state index is 11.9. The van der Waals surface area contributed by atoms with Gasteiger partial charge in [-0.25, -0.2) is 8.42 Å². The zero-order chi connectivity index (χ0) is 15.2. The SMILES string of the molecule is CCCC#Cc1ccc(S(=O)(=O)N[C@H](C)C(=O)O)cc1. The summed E-state index contributed by atoms with van der Waals surface area (Å²) in [5.74, 6) is 4.66. The number of sulfonamides is 1. The lowest BCUT2D eigenvalue weighted by Gasteiger charge is -2.10. The lowest BCUT2D eigenvalue weighted by atomic mass is 10.2. The fourth-order valence-corrected chi connectivity index (χ4v) is 2.55. The van der Waals surface area contributed by atoms with Gasteiger partial charge in [0.1, 0.15) is 6.04 Å². The van der Waals surface area contributed by atoms with Crippen molar-refractivity contribution in [3.63, 3.8) is 0 Å². The number of hydrogen-bond acceptors (Lipinski definition) is 3. The van der Waals surface area contributed by atoms with Crippen molar-refractivity contribution in [3.05, 3.63) is 29.8 Å². The maximum atomic E-state index is 11.9. The van der Waals surface area contributed by atoms with Crippen LogP contribution in [-0.2, 0) is 14.8 Å². The van der Waals surface area contributed by atoms with E-state index >= 15 is 0 Å². The molecule has 0 radical (unpaired) electrons. The first-order valence-corrected chi connectivity index (χ1v) is 7.69. The van der Waals surface area contributed by atoms with Gasteiger partial charge in [0.25, 0.3) is 0 Å². The standard InChI is InChI=1S/C14H17NO4S/c1-3-4-5-6-12-7-9-13(10-8-12)20(18,19)15-11(2)14(16)17/h7-11,15H,3-4H2,1-2H3,(H,16,17)/t11-/m1/s1. The number of carboxylic acid groups (broad SMARTS) is 1. The minimum atomic E-state index is -3.83. The summed E-state index contributed by atoms with van der Waals surface area (Å²) in [6.07, 6.45) is 1.76. The first-order valence-electron chi connectivity index (χ1n) is 6.21. The average Bonchev–Trinajstić information content (AvgIpc) is 2.39. The van der Waals surface area contributed by atoms with E-state index in [1.54, 1.807) is 12.1 Å². The molecule has 0 fully saturated rings.